The van der Waals surface area contributed by atoms with E-state index in [2.05, 4.69) is 48.0 Å². The fraction of sp³-hybridized carbons (Fsp3) is 0.500. The number of aliphatic hydroxyl groups excluding tert-OH is 6. The molecule has 7 amide bonds. The zero-order valence-electron chi connectivity index (χ0n) is 47.2. The number of aliphatic hydroxyl groups is 6. The van der Waals surface area contributed by atoms with E-state index < -0.39 is 158 Å². The molecular weight excluding hydrogens is 1150 g/mol. The first kappa shape index (κ1) is 66.0. The van der Waals surface area contributed by atoms with Gasteiger partial charge in [-0.15, -0.1) is 0 Å². The van der Waals surface area contributed by atoms with Gasteiger partial charge in [-0.05, 0) is 80.4 Å². The van der Waals surface area contributed by atoms with Gasteiger partial charge in [0.05, 0.1) is 43.2 Å². The lowest BCUT2D eigenvalue weighted by Crippen LogP contribution is -2.64. The number of rotatable bonds is 20. The fourth-order valence-electron chi connectivity index (χ4n) is 10.3. The molecule has 0 saturated carbocycles. The predicted molar refractivity (Wildman–Crippen MR) is 302 cm³/mol. The molecule has 1 aromatic heterocycles. The standard InChI is InChI=1S/C56H73N9O20S/c1-4-5-6-19-81-36-14-12-32(13-15-36)43-24-37(63-82-43)31-8-10-33(11-9-31)50(73)59-38-22-34(67)25-58-54(77)48-49(72)28(2)26-65(48)56(79)47(41(70)17-18-57)62-53(76)46(42(71)20-30-7-16-40(69)44(21-30)83-86-85-84-80)61-52(75)39-23-35(68)27-64(39)55(78)45(29(3)66)60-51(38)74/h7-16,21,24,28-29,34-35,38-39,41-42,45-49,66-72,80H,4-6,17-20,22-23,25-27,57H2,1-3H3,(H,58,77)(H,59,73)(H,60,74)(H,61,75)(H,62,76)/t28-,29+,34+,35+,38+,39+,41-,42-,45+,46+,47+,48+,49+/m1/s1. The van der Waals surface area contributed by atoms with E-state index >= 15 is 0 Å². The molecule has 0 bridgehead atoms. The van der Waals surface area contributed by atoms with Crippen molar-refractivity contribution in [2.75, 3.05) is 32.8 Å². The fourth-order valence-corrected chi connectivity index (χ4v) is 10.5. The number of carbonyl (C=O) groups is 7. The highest BCUT2D eigenvalue weighted by Crippen LogP contribution is 2.32. The Hall–Kier alpha value is -7.49. The van der Waals surface area contributed by atoms with Crippen LogP contribution in [-0.2, 0) is 44.6 Å². The lowest BCUT2D eigenvalue weighted by atomic mass is 9.98. The predicted octanol–water partition coefficient (Wildman–Crippen LogP) is -1.06. The van der Waals surface area contributed by atoms with Crippen molar-refractivity contribution >= 4 is 53.7 Å². The van der Waals surface area contributed by atoms with Crippen LogP contribution in [0.3, 0.4) is 0 Å². The largest absolute Gasteiger partial charge is 0.504 e. The summed E-state index contributed by atoms with van der Waals surface area (Å²) in [6.07, 6.45) is -9.17. The third-order valence-electron chi connectivity index (χ3n) is 15.0. The third-order valence-corrected chi connectivity index (χ3v) is 15.3. The zero-order valence-corrected chi connectivity index (χ0v) is 48.0. The summed E-state index contributed by atoms with van der Waals surface area (Å²) in [6, 6.07) is 7.46. The number of hydrogen-bond donors (Lipinski definition) is 14. The number of hydrogen-bond acceptors (Lipinski definition) is 23. The van der Waals surface area contributed by atoms with Crippen LogP contribution in [0.4, 0.5) is 0 Å². The molecule has 0 unspecified atom stereocenters. The number of fused-ring (bicyclic) bond motifs is 2. The Labute approximate surface area is 497 Å². The van der Waals surface area contributed by atoms with Crippen LogP contribution in [0.15, 0.2) is 77.3 Å². The summed E-state index contributed by atoms with van der Waals surface area (Å²) >= 11 is 0.0794. The number of unbranched alkanes of at least 4 members (excludes halogenated alkanes) is 2. The zero-order chi connectivity index (χ0) is 62.4. The first-order chi connectivity index (χ1) is 41.1. The number of amides is 7. The van der Waals surface area contributed by atoms with Gasteiger partial charge in [-0.1, -0.05) is 59.4 Å². The van der Waals surface area contributed by atoms with Gasteiger partial charge < -0.3 is 91.3 Å². The van der Waals surface area contributed by atoms with E-state index in [0.29, 0.717) is 29.4 Å². The van der Waals surface area contributed by atoms with Crippen molar-refractivity contribution in [1.82, 2.24) is 41.5 Å². The summed E-state index contributed by atoms with van der Waals surface area (Å²) in [4.78, 5) is 103. The summed E-state index contributed by atoms with van der Waals surface area (Å²) in [5.41, 5.74) is 7.62. The highest BCUT2D eigenvalue weighted by atomic mass is 32.2. The van der Waals surface area contributed by atoms with Gasteiger partial charge in [-0.2, -0.15) is 0 Å². The smallest absolute Gasteiger partial charge is 0.261 e. The number of aromatic nitrogens is 1. The Bertz CT molecular complexity index is 2980. The molecule has 30 heteroatoms. The molecule has 0 spiro atoms. The molecule has 3 aliphatic heterocycles. The molecule has 3 aromatic carbocycles. The molecule has 3 fully saturated rings. The topological polar surface area (TPSA) is 437 Å². The number of nitrogens with two attached hydrogens (primary N) is 1. The van der Waals surface area contributed by atoms with Gasteiger partial charge in [0, 0.05) is 67.6 Å². The average molecular weight is 1220 g/mol. The molecule has 86 heavy (non-hydrogen) atoms. The quantitative estimate of drug-likeness (QED) is 0.0217. The lowest BCUT2D eigenvalue weighted by Gasteiger charge is -2.34. The summed E-state index contributed by atoms with van der Waals surface area (Å²) in [5, 5.41) is 107. The maximum absolute atomic E-state index is 14.7. The van der Waals surface area contributed by atoms with Crippen LogP contribution in [0, 0.1) is 5.92 Å². The number of ether oxygens (including phenoxy) is 1. The number of β-amino-alcohol motifs (C(OH)–C–C–N with tert-alkyl or cyclic N) is 1. The molecular formula is C56H73N9O20S. The van der Waals surface area contributed by atoms with Gasteiger partial charge in [0.25, 0.3) is 18.2 Å². The summed E-state index contributed by atoms with van der Waals surface area (Å²) < 4.78 is 20.8. The van der Waals surface area contributed by atoms with Crippen LogP contribution < -0.4 is 41.2 Å². The van der Waals surface area contributed by atoms with Crippen molar-refractivity contribution in [2.24, 2.45) is 11.7 Å². The molecule has 4 aromatic rings. The first-order valence-corrected chi connectivity index (χ1v) is 28.6. The van der Waals surface area contributed by atoms with Crippen molar-refractivity contribution in [1.29, 1.82) is 0 Å². The maximum atomic E-state index is 14.7. The van der Waals surface area contributed by atoms with E-state index in [1.807, 2.05) is 24.3 Å². The minimum atomic E-state index is -2.11. The Morgan fingerprint density at radius 3 is 2.19 bits per heavy atom. The van der Waals surface area contributed by atoms with Gasteiger partial charge in [-0.3, -0.25) is 33.6 Å². The van der Waals surface area contributed by atoms with Crippen molar-refractivity contribution < 1.29 is 97.4 Å². The number of phenols is 1. The minimum absolute atomic E-state index is 0.00852. The molecule has 7 rings (SSSR count). The van der Waals surface area contributed by atoms with E-state index in [1.54, 1.807) is 18.2 Å². The van der Waals surface area contributed by atoms with Crippen LogP contribution in [0.1, 0.15) is 75.2 Å². The van der Waals surface area contributed by atoms with Gasteiger partial charge >= 0.3 is 0 Å². The molecule has 29 nitrogen and oxygen atoms in total. The normalized spacial score (nSPS) is 25.6. The van der Waals surface area contributed by atoms with E-state index in [4.69, 9.17) is 24.4 Å². The monoisotopic (exact) mass is 1220 g/mol. The van der Waals surface area contributed by atoms with Crippen molar-refractivity contribution in [3.63, 3.8) is 0 Å². The van der Waals surface area contributed by atoms with E-state index in [-0.39, 0.29) is 48.7 Å². The molecule has 3 aliphatic rings. The van der Waals surface area contributed by atoms with Crippen molar-refractivity contribution in [3.8, 4) is 39.8 Å². The van der Waals surface area contributed by atoms with Crippen molar-refractivity contribution in [2.45, 2.75) is 139 Å². The van der Waals surface area contributed by atoms with Crippen LogP contribution in [0.5, 0.6) is 17.2 Å². The molecule has 13 atom stereocenters. The van der Waals surface area contributed by atoms with Crippen LogP contribution in [-0.4, -0.2) is 203 Å². The summed E-state index contributed by atoms with van der Waals surface area (Å²) in [5.74, 6) is -8.18. The highest BCUT2D eigenvalue weighted by molar-refractivity contribution is 7.90. The molecule has 4 heterocycles. The molecule has 468 valence electrons. The minimum Gasteiger partial charge on any atom is -0.504 e. The summed E-state index contributed by atoms with van der Waals surface area (Å²) in [7, 11) is 0. The first-order valence-electron chi connectivity index (χ1n) is 28.0. The average Bonchev–Trinajstić information content (AvgIpc) is 3.14. The highest BCUT2D eigenvalue weighted by Gasteiger charge is 2.50. The number of phenolic OH excluding ortho intramolecular Hbond substituents is 1. The number of carbonyl (C=O) groups excluding carboxylic acids is 7. The van der Waals surface area contributed by atoms with Crippen LogP contribution >= 0.6 is 12.3 Å². The van der Waals surface area contributed by atoms with Crippen molar-refractivity contribution in [3.05, 3.63) is 83.9 Å². The van der Waals surface area contributed by atoms with E-state index in [1.165, 1.54) is 31.2 Å². The number of nitrogens with one attached hydrogen (secondary N) is 5. The number of benzene rings is 3. The second-order valence-corrected chi connectivity index (χ2v) is 21.8. The van der Waals surface area contributed by atoms with Crippen LogP contribution in [0.25, 0.3) is 22.6 Å². The Morgan fingerprint density at radius 2 is 1.50 bits per heavy atom. The van der Waals surface area contributed by atoms with E-state index in [0.717, 1.165) is 47.6 Å². The number of aromatic hydroxyl groups is 1. The number of nitrogens with zero attached hydrogens (tertiary/aromatic N) is 3. The van der Waals surface area contributed by atoms with Gasteiger partial charge in [0.2, 0.25) is 35.4 Å². The summed E-state index contributed by atoms with van der Waals surface area (Å²) in [6.45, 7) is 3.56. The van der Waals surface area contributed by atoms with Gasteiger partial charge in [-0.25, -0.2) is 5.26 Å². The molecule has 3 saturated heterocycles. The SMILES string of the molecule is CCCCCOc1ccc(-c2cc(-c3ccc(C(=O)N[C@H]4C[C@H](O)CNC(=O)[C@@H]5[C@@H](O)[C@H](C)CN5C(=O)[C@H]([C@H](O)CCN)NC(=O)[C@H]([C@H](O)Cc5ccc(O)c(OSOOO)c5)NC(=O)[C@@H]5C[C@H](O)CN5C(=O)[C@H]([C@H](C)O)NC4=O)cc3)no2)cc1. The van der Waals surface area contributed by atoms with Crippen LogP contribution in [0.2, 0.25) is 0 Å². The Kier molecular flexibility index (Phi) is 23.6. The Balaban J connectivity index is 1.18. The molecule has 0 radical (unpaired) electrons. The maximum Gasteiger partial charge on any atom is 0.261 e. The lowest BCUT2D eigenvalue weighted by molar-refractivity contribution is -0.433. The molecule has 15 N–H and O–H groups in total. The Morgan fingerprint density at radius 1 is 0.814 bits per heavy atom. The van der Waals surface area contributed by atoms with Gasteiger partial charge in [0.15, 0.2) is 17.3 Å². The van der Waals surface area contributed by atoms with E-state index in [9.17, 15) is 69.3 Å². The van der Waals surface area contributed by atoms with Gasteiger partial charge in [0.1, 0.15) is 47.7 Å². The molecule has 0 aliphatic carbocycles. The second-order valence-electron chi connectivity index (χ2n) is 21.4. The third kappa shape index (κ3) is 16.7. The second kappa shape index (κ2) is 30.7.